The highest BCUT2D eigenvalue weighted by Crippen LogP contribution is 2.31. The second kappa shape index (κ2) is 4.09. The van der Waals surface area contributed by atoms with Gasteiger partial charge in [0.25, 0.3) is 0 Å². The Balaban J connectivity index is 2.15. The van der Waals surface area contributed by atoms with Gasteiger partial charge in [-0.15, -0.1) is 0 Å². The number of hydrogen-bond donors (Lipinski definition) is 0. The van der Waals surface area contributed by atoms with E-state index in [2.05, 4.69) is 31.2 Å². The lowest BCUT2D eigenvalue weighted by molar-refractivity contribution is 0.230. The van der Waals surface area contributed by atoms with Crippen LogP contribution in [0.5, 0.6) is 0 Å². The molecule has 1 saturated heterocycles. The van der Waals surface area contributed by atoms with Crippen molar-refractivity contribution in [1.29, 1.82) is 0 Å². The van der Waals surface area contributed by atoms with E-state index in [1.54, 1.807) is 7.85 Å². The van der Waals surface area contributed by atoms with Crippen LogP contribution < -0.4 is 0 Å². The fraction of sp³-hybridized carbons (Fsp3) is 0.417. The Morgan fingerprint density at radius 2 is 2.00 bits per heavy atom. The maximum Gasteiger partial charge on any atom is 0.215 e. The van der Waals surface area contributed by atoms with Crippen molar-refractivity contribution in [3.05, 3.63) is 35.9 Å². The summed E-state index contributed by atoms with van der Waals surface area (Å²) in [6, 6.07) is 10.5. The Morgan fingerprint density at radius 1 is 1.33 bits per heavy atom. The van der Waals surface area contributed by atoms with Crippen LogP contribution in [0.4, 0.5) is 4.79 Å². The maximum absolute atomic E-state index is 11.3. The van der Waals surface area contributed by atoms with Crippen LogP contribution in [0.2, 0.25) is 0 Å². The van der Waals surface area contributed by atoms with Gasteiger partial charge in [-0.2, -0.15) is 0 Å². The molecule has 2 nitrogen and oxygen atoms in total. The number of carbonyl (C=O) groups excluding carboxylic acids is 1. The van der Waals surface area contributed by atoms with Crippen LogP contribution in [0.1, 0.15) is 18.4 Å². The van der Waals surface area contributed by atoms with Crippen molar-refractivity contribution >= 4 is 13.7 Å². The molecule has 0 aliphatic carbocycles. The molecular weight excluding hydrogens is 185 g/mol. The fourth-order valence-electron chi connectivity index (χ4n) is 2.36. The minimum absolute atomic E-state index is 0.195. The number of rotatable bonds is 1. The first-order valence-corrected chi connectivity index (χ1v) is 5.49. The molecular formula is C12H16BNO. The van der Waals surface area contributed by atoms with Gasteiger partial charge in [0.1, 0.15) is 0 Å². The van der Waals surface area contributed by atoms with E-state index in [1.807, 2.05) is 11.0 Å². The van der Waals surface area contributed by atoms with Crippen LogP contribution in [0.15, 0.2) is 30.3 Å². The van der Waals surface area contributed by atoms with Crippen molar-refractivity contribution in [3.8, 4) is 0 Å². The predicted molar refractivity (Wildman–Crippen MR) is 63.9 cm³/mol. The molecule has 1 aliphatic rings. The molecule has 1 aliphatic heterocycles. The number of likely N-dealkylation sites (tertiary alicyclic amines) is 1. The van der Waals surface area contributed by atoms with E-state index >= 15 is 0 Å². The van der Waals surface area contributed by atoms with Crippen molar-refractivity contribution < 1.29 is 4.79 Å². The quantitative estimate of drug-likeness (QED) is 0.630. The fourth-order valence-corrected chi connectivity index (χ4v) is 2.36. The highest BCUT2D eigenvalue weighted by Gasteiger charge is 2.31. The molecule has 0 saturated carbocycles. The summed E-state index contributed by atoms with van der Waals surface area (Å²) < 4.78 is 0. The van der Waals surface area contributed by atoms with E-state index in [-0.39, 0.29) is 5.81 Å². The summed E-state index contributed by atoms with van der Waals surface area (Å²) in [6.45, 7) is 4.00. The lowest BCUT2D eigenvalue weighted by Crippen LogP contribution is -2.27. The summed E-state index contributed by atoms with van der Waals surface area (Å²) in [4.78, 5) is 13.2. The zero-order valence-corrected chi connectivity index (χ0v) is 9.31. The Kier molecular flexibility index (Phi) is 2.80. The largest absolute Gasteiger partial charge is 0.351 e. The smallest absolute Gasteiger partial charge is 0.215 e. The van der Waals surface area contributed by atoms with E-state index in [0.717, 1.165) is 13.1 Å². The number of benzene rings is 1. The molecule has 0 aromatic heterocycles. The Hall–Kier alpha value is -1.25. The molecule has 2 atom stereocenters. The lowest BCUT2D eigenvalue weighted by atomic mass is 9.90. The van der Waals surface area contributed by atoms with Crippen LogP contribution in [-0.2, 0) is 0 Å². The van der Waals surface area contributed by atoms with Gasteiger partial charge < -0.3 is 4.90 Å². The minimum atomic E-state index is 0.195. The number of nitrogens with zero attached hydrogens (tertiary/aromatic N) is 1. The third-order valence-corrected chi connectivity index (χ3v) is 3.29. The van der Waals surface area contributed by atoms with E-state index in [0.29, 0.717) is 11.8 Å². The summed E-state index contributed by atoms with van der Waals surface area (Å²) in [5, 5.41) is 0. The lowest BCUT2D eigenvalue weighted by Gasteiger charge is -2.14. The van der Waals surface area contributed by atoms with Gasteiger partial charge >= 0.3 is 0 Å². The van der Waals surface area contributed by atoms with Gasteiger partial charge in [0.05, 0.1) is 0 Å². The second-order valence-corrected chi connectivity index (χ2v) is 4.42. The highest BCUT2D eigenvalue weighted by atomic mass is 16.1. The molecule has 1 aromatic rings. The number of carbonyl (C=O) groups is 1. The molecule has 1 aromatic carbocycles. The molecule has 2 rings (SSSR count). The monoisotopic (exact) mass is 201 g/mol. The van der Waals surface area contributed by atoms with Gasteiger partial charge in [-0.05, 0) is 11.5 Å². The van der Waals surface area contributed by atoms with Crippen LogP contribution in [0.25, 0.3) is 0 Å². The molecule has 1 heterocycles. The van der Waals surface area contributed by atoms with Gasteiger partial charge in [-0.3, -0.25) is 4.79 Å². The van der Waals surface area contributed by atoms with Gasteiger partial charge in [-0.25, -0.2) is 0 Å². The topological polar surface area (TPSA) is 20.3 Å². The molecule has 1 fully saturated rings. The van der Waals surface area contributed by atoms with E-state index in [9.17, 15) is 4.79 Å². The summed E-state index contributed by atoms with van der Waals surface area (Å²) in [6.07, 6.45) is 0. The van der Waals surface area contributed by atoms with Crippen molar-refractivity contribution in [1.82, 2.24) is 4.90 Å². The molecule has 15 heavy (non-hydrogen) atoms. The van der Waals surface area contributed by atoms with E-state index in [1.165, 1.54) is 5.56 Å². The first kappa shape index (κ1) is 10.3. The molecule has 0 N–H and O–H groups in total. The highest BCUT2D eigenvalue weighted by molar-refractivity contribution is 6.56. The van der Waals surface area contributed by atoms with Gasteiger partial charge in [0, 0.05) is 19.0 Å². The minimum Gasteiger partial charge on any atom is -0.351 e. The maximum atomic E-state index is 11.3. The zero-order chi connectivity index (χ0) is 10.8. The molecule has 2 unspecified atom stereocenters. The second-order valence-electron chi connectivity index (χ2n) is 4.42. The summed E-state index contributed by atoms with van der Waals surface area (Å²) in [5.74, 6) is 1.27. The number of hydrogen-bond acceptors (Lipinski definition) is 1. The SMILES string of the molecule is BC(=O)N1CC(C)C(c2ccccc2)C1. The van der Waals surface area contributed by atoms with Gasteiger partial charge in [0.15, 0.2) is 5.81 Å². The average Bonchev–Trinajstić information content (AvgIpc) is 2.62. The Morgan fingerprint density at radius 3 is 2.53 bits per heavy atom. The van der Waals surface area contributed by atoms with Crippen molar-refractivity contribution in [2.45, 2.75) is 12.8 Å². The normalized spacial score (nSPS) is 25.5. The predicted octanol–water partition coefficient (Wildman–Crippen LogP) is 1.47. The van der Waals surface area contributed by atoms with Crippen molar-refractivity contribution in [3.63, 3.8) is 0 Å². The zero-order valence-electron chi connectivity index (χ0n) is 9.31. The molecule has 1 amide bonds. The van der Waals surface area contributed by atoms with Crippen LogP contribution in [0.3, 0.4) is 0 Å². The average molecular weight is 201 g/mol. The van der Waals surface area contributed by atoms with Gasteiger partial charge in [0.2, 0.25) is 7.85 Å². The molecule has 0 radical (unpaired) electrons. The molecule has 0 bridgehead atoms. The number of amides is 1. The van der Waals surface area contributed by atoms with E-state index < -0.39 is 0 Å². The summed E-state index contributed by atoms with van der Waals surface area (Å²) >= 11 is 0. The Labute approximate surface area is 91.7 Å². The molecule has 3 heteroatoms. The van der Waals surface area contributed by atoms with E-state index in [4.69, 9.17) is 0 Å². The Bertz CT molecular complexity index is 352. The summed E-state index contributed by atoms with van der Waals surface area (Å²) in [5.41, 5.74) is 1.36. The standard InChI is InChI=1S/C12H16BNO/c1-9-7-14(12(13)15)8-11(9)10-5-3-2-4-6-10/h2-6,9,11H,7-8,13H2,1H3. The molecule has 0 spiro atoms. The first-order valence-electron chi connectivity index (χ1n) is 5.49. The van der Waals surface area contributed by atoms with Crippen molar-refractivity contribution in [2.24, 2.45) is 5.92 Å². The first-order chi connectivity index (χ1) is 7.18. The van der Waals surface area contributed by atoms with Gasteiger partial charge in [-0.1, -0.05) is 37.3 Å². The van der Waals surface area contributed by atoms with Crippen LogP contribution >= 0.6 is 0 Å². The summed E-state index contributed by atoms with van der Waals surface area (Å²) in [7, 11) is 1.65. The third kappa shape index (κ3) is 2.06. The van der Waals surface area contributed by atoms with Crippen molar-refractivity contribution in [2.75, 3.05) is 13.1 Å². The molecule has 78 valence electrons. The van der Waals surface area contributed by atoms with Crippen LogP contribution in [-0.4, -0.2) is 31.6 Å². The third-order valence-electron chi connectivity index (χ3n) is 3.29. The van der Waals surface area contributed by atoms with Crippen LogP contribution in [0, 0.1) is 5.92 Å².